The van der Waals surface area contributed by atoms with Gasteiger partial charge in [0, 0.05) is 10.8 Å². The second-order valence-electron chi connectivity index (χ2n) is 8.53. The molecule has 1 aliphatic heterocycles. The van der Waals surface area contributed by atoms with Crippen LogP contribution >= 0.6 is 8.25 Å². The molecule has 30 heavy (non-hydrogen) atoms. The molecule has 1 rings (SSSR count). The van der Waals surface area contributed by atoms with Gasteiger partial charge in [0.15, 0.2) is 14.4 Å². The number of methoxy groups -OCH3 is 1. The topological polar surface area (TPSA) is 124 Å². The van der Waals surface area contributed by atoms with Crippen molar-refractivity contribution in [2.75, 3.05) is 13.7 Å². The molecular formula is C19H33NO8PSi+. The van der Waals surface area contributed by atoms with Crippen molar-refractivity contribution in [3.05, 3.63) is 24.4 Å². The summed E-state index contributed by atoms with van der Waals surface area (Å²) in [5.41, 5.74) is 0.533. The highest BCUT2D eigenvalue weighted by Gasteiger charge is 2.54. The molecule has 1 saturated heterocycles. The highest BCUT2D eigenvalue weighted by Crippen LogP contribution is 2.42. The zero-order valence-corrected chi connectivity index (χ0v) is 20.5. The molecule has 0 amide bonds. The predicted octanol–water partition coefficient (Wildman–Crippen LogP) is 2.88. The SMILES string of the molecule is C=C(/C=C\N=C(C)C(=O)OC)[C@@H]1O[C@H](CO)C(O[Si](C)(C)C(C)(C)C)[C@H]1O[P+](=O)O. The van der Waals surface area contributed by atoms with Crippen molar-refractivity contribution in [1.82, 2.24) is 0 Å². The lowest BCUT2D eigenvalue weighted by Crippen LogP contribution is -2.50. The monoisotopic (exact) mass is 462 g/mol. The molecule has 5 atom stereocenters. The van der Waals surface area contributed by atoms with Crippen molar-refractivity contribution in [2.24, 2.45) is 4.99 Å². The number of hydrogen-bond acceptors (Lipinski definition) is 8. The molecule has 0 aromatic heterocycles. The van der Waals surface area contributed by atoms with E-state index in [1.54, 1.807) is 0 Å². The van der Waals surface area contributed by atoms with Crippen molar-refractivity contribution < 1.29 is 37.8 Å². The summed E-state index contributed by atoms with van der Waals surface area (Å²) >= 11 is 0. The van der Waals surface area contributed by atoms with E-state index in [0.717, 1.165) is 0 Å². The van der Waals surface area contributed by atoms with Crippen LogP contribution in [0.1, 0.15) is 27.7 Å². The molecule has 170 valence electrons. The summed E-state index contributed by atoms with van der Waals surface area (Å²) in [4.78, 5) is 24.8. The zero-order chi connectivity index (χ0) is 23.3. The van der Waals surface area contributed by atoms with Gasteiger partial charge < -0.3 is 19.0 Å². The van der Waals surface area contributed by atoms with Crippen LogP contribution in [0.2, 0.25) is 18.1 Å². The van der Waals surface area contributed by atoms with Crippen LogP contribution < -0.4 is 0 Å². The predicted molar refractivity (Wildman–Crippen MR) is 116 cm³/mol. The minimum absolute atomic E-state index is 0.131. The first-order chi connectivity index (χ1) is 13.7. The second kappa shape index (κ2) is 10.9. The third-order valence-corrected chi connectivity index (χ3v) is 10.2. The van der Waals surface area contributed by atoms with Crippen molar-refractivity contribution in [2.45, 2.75) is 70.2 Å². The Morgan fingerprint density at radius 3 is 2.40 bits per heavy atom. The van der Waals surface area contributed by atoms with E-state index in [1.165, 1.54) is 26.3 Å². The van der Waals surface area contributed by atoms with Crippen LogP contribution in [-0.4, -0.2) is 68.1 Å². The third kappa shape index (κ3) is 6.88. The van der Waals surface area contributed by atoms with E-state index in [0.29, 0.717) is 5.57 Å². The van der Waals surface area contributed by atoms with E-state index in [4.69, 9.17) is 13.7 Å². The Morgan fingerprint density at radius 2 is 1.93 bits per heavy atom. The lowest BCUT2D eigenvalue weighted by Gasteiger charge is -2.39. The van der Waals surface area contributed by atoms with Crippen LogP contribution in [0.25, 0.3) is 0 Å². The molecule has 1 aliphatic rings. The quantitative estimate of drug-likeness (QED) is 0.176. The maximum atomic E-state index is 11.5. The van der Waals surface area contributed by atoms with Crippen LogP contribution in [0.4, 0.5) is 0 Å². The summed E-state index contributed by atoms with van der Waals surface area (Å²) < 4.78 is 33.6. The van der Waals surface area contributed by atoms with E-state index in [-0.39, 0.29) is 17.4 Å². The first kappa shape index (κ1) is 26.8. The number of carbonyl (C=O) groups excluding carboxylic acids is 1. The first-order valence-electron chi connectivity index (χ1n) is 9.50. The Kier molecular flexibility index (Phi) is 9.69. The second-order valence-corrected chi connectivity index (χ2v) is 14.0. The number of ether oxygens (including phenoxy) is 2. The number of rotatable bonds is 9. The number of carbonyl (C=O) groups is 1. The van der Waals surface area contributed by atoms with Gasteiger partial charge in [-0.25, -0.2) is 4.79 Å². The lowest BCUT2D eigenvalue weighted by atomic mass is 10.0. The maximum absolute atomic E-state index is 11.5. The molecule has 0 bridgehead atoms. The van der Waals surface area contributed by atoms with Crippen molar-refractivity contribution in [3.8, 4) is 0 Å². The number of aliphatic hydroxyl groups is 1. The van der Waals surface area contributed by atoms with E-state index in [1.807, 2.05) is 13.1 Å². The molecule has 0 saturated carbocycles. The Morgan fingerprint density at radius 1 is 1.33 bits per heavy atom. The fourth-order valence-electron chi connectivity index (χ4n) is 2.59. The van der Waals surface area contributed by atoms with Gasteiger partial charge in [0.1, 0.15) is 24.0 Å². The molecule has 0 aromatic rings. The highest BCUT2D eigenvalue weighted by atomic mass is 31.1. The molecule has 9 nitrogen and oxygen atoms in total. The Balaban J connectivity index is 3.15. The Labute approximate surface area is 179 Å². The zero-order valence-electron chi connectivity index (χ0n) is 18.6. The number of esters is 1. The van der Waals surface area contributed by atoms with Gasteiger partial charge >= 0.3 is 14.2 Å². The van der Waals surface area contributed by atoms with Crippen LogP contribution in [0.5, 0.6) is 0 Å². The van der Waals surface area contributed by atoms with Gasteiger partial charge in [0.05, 0.1) is 13.7 Å². The fraction of sp³-hybridized carbons (Fsp3) is 0.684. The minimum Gasteiger partial charge on any atom is -0.465 e. The van der Waals surface area contributed by atoms with Crippen LogP contribution in [0, 0.1) is 0 Å². The number of aliphatic hydroxyl groups excluding tert-OH is 1. The average Bonchev–Trinajstić information content (AvgIpc) is 2.96. The molecule has 1 fully saturated rings. The van der Waals surface area contributed by atoms with E-state index < -0.39 is 47.0 Å². The summed E-state index contributed by atoms with van der Waals surface area (Å²) in [5.74, 6) is -0.566. The van der Waals surface area contributed by atoms with Crippen LogP contribution in [0.15, 0.2) is 29.4 Å². The third-order valence-electron chi connectivity index (χ3n) is 5.34. The minimum atomic E-state index is -2.95. The van der Waals surface area contributed by atoms with Crippen molar-refractivity contribution in [3.63, 3.8) is 0 Å². The first-order valence-corrected chi connectivity index (χ1v) is 13.5. The lowest BCUT2D eigenvalue weighted by molar-refractivity contribution is -0.132. The van der Waals surface area contributed by atoms with Gasteiger partial charge in [-0.1, -0.05) is 27.4 Å². The molecule has 11 heteroatoms. The molecule has 1 heterocycles. The summed E-state index contributed by atoms with van der Waals surface area (Å²) in [5, 5.41) is 9.69. The molecule has 0 aliphatic carbocycles. The molecule has 0 spiro atoms. The smallest absolute Gasteiger partial charge is 0.465 e. The van der Waals surface area contributed by atoms with E-state index >= 15 is 0 Å². The van der Waals surface area contributed by atoms with Gasteiger partial charge in [0.2, 0.25) is 0 Å². The molecule has 2 unspecified atom stereocenters. The van der Waals surface area contributed by atoms with Crippen molar-refractivity contribution in [1.29, 1.82) is 0 Å². The Hall–Kier alpha value is -1.26. The number of hydrogen-bond donors (Lipinski definition) is 2. The summed E-state index contributed by atoms with van der Waals surface area (Å²) in [6, 6.07) is 0. The summed E-state index contributed by atoms with van der Waals surface area (Å²) in [7, 11) is -4.00. The Bertz CT molecular complexity index is 716. The van der Waals surface area contributed by atoms with E-state index in [9.17, 15) is 19.4 Å². The van der Waals surface area contributed by atoms with Gasteiger partial charge in [-0.15, -0.1) is 9.42 Å². The van der Waals surface area contributed by atoms with Gasteiger partial charge in [-0.2, -0.15) is 0 Å². The average molecular weight is 463 g/mol. The fourth-order valence-corrected chi connectivity index (χ4v) is 4.35. The molecule has 0 aromatic carbocycles. The van der Waals surface area contributed by atoms with Gasteiger partial charge in [-0.3, -0.25) is 4.99 Å². The molecule has 0 radical (unpaired) electrons. The largest absolute Gasteiger partial charge is 0.695 e. The van der Waals surface area contributed by atoms with Crippen LogP contribution in [-0.2, 0) is 27.8 Å². The molecular weight excluding hydrogens is 429 g/mol. The number of nitrogens with zero attached hydrogens (tertiary/aromatic N) is 1. The maximum Gasteiger partial charge on any atom is 0.695 e. The van der Waals surface area contributed by atoms with Gasteiger partial charge in [0.25, 0.3) is 0 Å². The highest BCUT2D eigenvalue weighted by molar-refractivity contribution is 7.32. The number of aliphatic imine (C=N–C) groups is 1. The van der Waals surface area contributed by atoms with Crippen molar-refractivity contribution >= 4 is 28.3 Å². The molecule has 2 N–H and O–H groups in total. The van der Waals surface area contributed by atoms with E-state index in [2.05, 4.69) is 37.1 Å². The van der Waals surface area contributed by atoms with Gasteiger partial charge in [-0.05, 0) is 36.7 Å². The normalized spacial score (nSPS) is 26.2. The summed E-state index contributed by atoms with van der Waals surface area (Å²) in [6.45, 7) is 15.3. The van der Waals surface area contributed by atoms with Crippen LogP contribution in [0.3, 0.4) is 0 Å². The standard InChI is InChI=1S/C19H32NO8PSi/c1-12(9-10-20-13(2)18(22)25-6)15-17(27-29(23)24)16(14(11-21)26-15)28-30(7,8)19(3,4)5/h9-10,14-17,21H,1,11H2,2-8H3/p+1/b10-9-,20-13?/t14-,15+,16?,17+/m1/s1. The summed E-state index contributed by atoms with van der Waals surface area (Å²) in [6.07, 6.45) is -0.446.